The molecule has 0 spiro atoms. The molecule has 1 aromatic rings. The summed E-state index contributed by atoms with van der Waals surface area (Å²) in [4.78, 5) is 3.11. The van der Waals surface area contributed by atoms with Crippen molar-refractivity contribution in [3.05, 3.63) is 30.1 Å². The molecule has 0 aliphatic carbocycles. The lowest BCUT2D eigenvalue weighted by molar-refractivity contribution is 0.199. The maximum atomic E-state index is 13.5. The first-order chi connectivity index (χ1) is 8.98. The number of benzene rings is 1. The van der Waals surface area contributed by atoms with E-state index in [-0.39, 0.29) is 11.2 Å². The van der Waals surface area contributed by atoms with Gasteiger partial charge >= 0.3 is 0 Å². The standard InChI is InChI=1S/C15H25FN2S/c1-4-18(12-15(2,3)11-17)9-10-19-14-8-6-5-7-13(14)16/h5-8H,4,9-12,17H2,1-3H3. The van der Waals surface area contributed by atoms with Gasteiger partial charge in [0.25, 0.3) is 0 Å². The molecule has 0 saturated heterocycles. The molecule has 2 N–H and O–H groups in total. The molecule has 0 fully saturated rings. The van der Waals surface area contributed by atoms with Crippen LogP contribution in [0, 0.1) is 11.2 Å². The van der Waals surface area contributed by atoms with E-state index in [1.54, 1.807) is 17.8 Å². The summed E-state index contributed by atoms with van der Waals surface area (Å²) in [6, 6.07) is 6.94. The fourth-order valence-corrected chi connectivity index (χ4v) is 2.82. The Labute approximate surface area is 120 Å². The van der Waals surface area contributed by atoms with Crippen LogP contribution in [0.15, 0.2) is 29.2 Å². The Bertz CT molecular complexity index is 382. The van der Waals surface area contributed by atoms with Crippen molar-refractivity contribution < 1.29 is 4.39 Å². The largest absolute Gasteiger partial charge is 0.330 e. The molecule has 0 aliphatic rings. The van der Waals surface area contributed by atoms with Crippen molar-refractivity contribution >= 4 is 11.8 Å². The van der Waals surface area contributed by atoms with Crippen LogP contribution in [0.3, 0.4) is 0 Å². The summed E-state index contributed by atoms with van der Waals surface area (Å²) in [6.45, 7) is 10.1. The minimum Gasteiger partial charge on any atom is -0.330 e. The van der Waals surface area contributed by atoms with Crippen LogP contribution in [-0.4, -0.2) is 36.8 Å². The molecule has 4 heteroatoms. The molecule has 0 heterocycles. The predicted molar refractivity (Wildman–Crippen MR) is 82.1 cm³/mol. The van der Waals surface area contributed by atoms with E-state index in [2.05, 4.69) is 25.7 Å². The number of nitrogens with two attached hydrogens (primary N) is 1. The molecule has 1 rings (SSSR count). The Morgan fingerprint density at radius 1 is 1.32 bits per heavy atom. The second-order valence-electron chi connectivity index (χ2n) is 5.52. The molecule has 19 heavy (non-hydrogen) atoms. The molecule has 1 aromatic carbocycles. The molecule has 2 nitrogen and oxygen atoms in total. The van der Waals surface area contributed by atoms with Crippen LogP contribution >= 0.6 is 11.8 Å². The van der Waals surface area contributed by atoms with Gasteiger partial charge in [-0.15, -0.1) is 11.8 Å². The van der Waals surface area contributed by atoms with Crippen molar-refractivity contribution in [2.75, 3.05) is 31.9 Å². The lowest BCUT2D eigenvalue weighted by atomic mass is 9.93. The van der Waals surface area contributed by atoms with Crippen LogP contribution in [0.5, 0.6) is 0 Å². The average molecular weight is 284 g/mol. The second-order valence-corrected chi connectivity index (χ2v) is 6.65. The van der Waals surface area contributed by atoms with Crippen molar-refractivity contribution in [2.45, 2.75) is 25.7 Å². The Morgan fingerprint density at radius 3 is 2.58 bits per heavy atom. The summed E-state index contributed by atoms with van der Waals surface area (Å²) in [5, 5.41) is 0. The number of rotatable bonds is 8. The Balaban J connectivity index is 2.40. The third-order valence-corrected chi connectivity index (χ3v) is 4.18. The van der Waals surface area contributed by atoms with Crippen molar-refractivity contribution in [3.8, 4) is 0 Å². The molecule has 0 aromatic heterocycles. The van der Waals surface area contributed by atoms with Crippen LogP contribution < -0.4 is 5.73 Å². The zero-order valence-electron chi connectivity index (χ0n) is 12.2. The summed E-state index contributed by atoms with van der Waals surface area (Å²) in [5.74, 6) is 0.771. The second kappa shape index (κ2) is 7.88. The lowest BCUT2D eigenvalue weighted by Crippen LogP contribution is -2.39. The highest BCUT2D eigenvalue weighted by atomic mass is 32.2. The molecule has 0 saturated carbocycles. The van der Waals surface area contributed by atoms with E-state index in [9.17, 15) is 4.39 Å². The van der Waals surface area contributed by atoms with Crippen LogP contribution in [-0.2, 0) is 0 Å². The van der Waals surface area contributed by atoms with Crippen molar-refractivity contribution in [2.24, 2.45) is 11.1 Å². The molecular formula is C15H25FN2S. The molecule has 0 unspecified atom stereocenters. The van der Waals surface area contributed by atoms with E-state index in [0.29, 0.717) is 6.54 Å². The first-order valence-corrected chi connectivity index (χ1v) is 7.77. The zero-order valence-corrected chi connectivity index (χ0v) is 13.0. The van der Waals surface area contributed by atoms with E-state index in [1.807, 2.05) is 12.1 Å². The highest BCUT2D eigenvalue weighted by Gasteiger charge is 2.19. The van der Waals surface area contributed by atoms with Gasteiger partial charge in [-0.2, -0.15) is 0 Å². The van der Waals surface area contributed by atoms with Gasteiger partial charge in [-0.25, -0.2) is 4.39 Å². The van der Waals surface area contributed by atoms with E-state index < -0.39 is 0 Å². The lowest BCUT2D eigenvalue weighted by Gasteiger charge is -2.30. The van der Waals surface area contributed by atoms with Gasteiger partial charge in [0, 0.05) is 23.7 Å². The summed E-state index contributed by atoms with van der Waals surface area (Å²) >= 11 is 1.58. The molecule has 0 atom stereocenters. The smallest absolute Gasteiger partial charge is 0.136 e. The van der Waals surface area contributed by atoms with Crippen molar-refractivity contribution in [1.29, 1.82) is 0 Å². The van der Waals surface area contributed by atoms with E-state index in [1.165, 1.54) is 6.07 Å². The Hall–Kier alpha value is -0.580. The van der Waals surface area contributed by atoms with Gasteiger partial charge in [-0.3, -0.25) is 0 Å². The summed E-state index contributed by atoms with van der Waals surface area (Å²) < 4.78 is 13.5. The summed E-state index contributed by atoms with van der Waals surface area (Å²) in [6.07, 6.45) is 0. The number of thioether (sulfide) groups is 1. The quantitative estimate of drug-likeness (QED) is 0.743. The molecule has 108 valence electrons. The molecule has 0 aliphatic heterocycles. The van der Waals surface area contributed by atoms with Crippen LogP contribution in [0.25, 0.3) is 0 Å². The van der Waals surface area contributed by atoms with Gasteiger partial charge < -0.3 is 10.6 Å². The zero-order chi connectivity index (χ0) is 14.3. The van der Waals surface area contributed by atoms with E-state index >= 15 is 0 Å². The number of nitrogens with zero attached hydrogens (tertiary/aromatic N) is 1. The average Bonchev–Trinajstić information content (AvgIpc) is 2.39. The van der Waals surface area contributed by atoms with E-state index in [4.69, 9.17) is 5.73 Å². The van der Waals surface area contributed by atoms with Gasteiger partial charge in [0.1, 0.15) is 5.82 Å². The van der Waals surface area contributed by atoms with Crippen LogP contribution in [0.1, 0.15) is 20.8 Å². The minimum absolute atomic E-state index is 0.127. The van der Waals surface area contributed by atoms with Crippen molar-refractivity contribution in [3.63, 3.8) is 0 Å². The number of halogens is 1. The SMILES string of the molecule is CCN(CCSc1ccccc1F)CC(C)(C)CN. The highest BCUT2D eigenvalue weighted by molar-refractivity contribution is 7.99. The van der Waals surface area contributed by atoms with Crippen LogP contribution in [0.4, 0.5) is 4.39 Å². The third kappa shape index (κ3) is 5.93. The highest BCUT2D eigenvalue weighted by Crippen LogP contribution is 2.22. The van der Waals surface area contributed by atoms with Gasteiger partial charge in [0.05, 0.1) is 0 Å². The van der Waals surface area contributed by atoms with Crippen molar-refractivity contribution in [1.82, 2.24) is 4.90 Å². The fourth-order valence-electron chi connectivity index (χ4n) is 1.87. The molecule has 0 bridgehead atoms. The predicted octanol–water partition coefficient (Wildman–Crippen LogP) is 3.22. The maximum Gasteiger partial charge on any atom is 0.136 e. The van der Waals surface area contributed by atoms with Gasteiger partial charge in [0.15, 0.2) is 0 Å². The van der Waals surface area contributed by atoms with Gasteiger partial charge in [-0.1, -0.05) is 32.9 Å². The number of hydrogen-bond donors (Lipinski definition) is 1. The first-order valence-electron chi connectivity index (χ1n) is 6.78. The number of hydrogen-bond acceptors (Lipinski definition) is 3. The fraction of sp³-hybridized carbons (Fsp3) is 0.600. The normalized spacial score (nSPS) is 12.1. The summed E-state index contributed by atoms with van der Waals surface area (Å²) in [5.41, 5.74) is 5.90. The topological polar surface area (TPSA) is 29.3 Å². The van der Waals surface area contributed by atoms with Crippen LogP contribution in [0.2, 0.25) is 0 Å². The monoisotopic (exact) mass is 284 g/mol. The Kier molecular flexibility index (Phi) is 6.83. The minimum atomic E-state index is -0.127. The van der Waals surface area contributed by atoms with E-state index in [0.717, 1.165) is 30.3 Å². The molecule has 0 radical (unpaired) electrons. The first kappa shape index (κ1) is 16.5. The molecule has 0 amide bonds. The summed E-state index contributed by atoms with van der Waals surface area (Å²) in [7, 11) is 0. The maximum absolute atomic E-state index is 13.5. The molecular weight excluding hydrogens is 259 g/mol. The third-order valence-electron chi connectivity index (χ3n) is 3.15. The van der Waals surface area contributed by atoms with Gasteiger partial charge in [-0.05, 0) is 30.6 Å². The Morgan fingerprint density at radius 2 is 2.00 bits per heavy atom. The van der Waals surface area contributed by atoms with Gasteiger partial charge in [0.2, 0.25) is 0 Å².